The Bertz CT molecular complexity index is 412. The van der Waals surface area contributed by atoms with E-state index in [9.17, 15) is 4.21 Å². The van der Waals surface area contributed by atoms with Gasteiger partial charge >= 0.3 is 0 Å². The predicted molar refractivity (Wildman–Crippen MR) is 78.8 cm³/mol. The molecular weight excluding hydrogens is 260 g/mol. The number of rotatable bonds is 8. The second-order valence-corrected chi connectivity index (χ2v) is 5.99. The maximum Gasteiger partial charge on any atom is 0.158 e. The molecule has 0 spiro atoms. The summed E-state index contributed by atoms with van der Waals surface area (Å²) in [5.74, 6) is 0.564. The molecule has 0 bridgehead atoms. The van der Waals surface area contributed by atoms with E-state index in [-0.39, 0.29) is 6.29 Å². The van der Waals surface area contributed by atoms with Crippen molar-refractivity contribution in [3.8, 4) is 0 Å². The molecule has 108 valence electrons. The van der Waals surface area contributed by atoms with Crippen LogP contribution in [0.3, 0.4) is 0 Å². The Morgan fingerprint density at radius 2 is 1.79 bits per heavy atom. The van der Waals surface area contributed by atoms with Crippen LogP contribution < -0.4 is 0 Å². The fourth-order valence-electron chi connectivity index (χ4n) is 1.95. The molecule has 0 fully saturated rings. The molecule has 1 rings (SSSR count). The van der Waals surface area contributed by atoms with E-state index in [4.69, 9.17) is 9.47 Å². The van der Waals surface area contributed by atoms with Crippen LogP contribution in [0, 0.1) is 13.8 Å². The zero-order chi connectivity index (χ0) is 14.3. The number of aryl methyl sites for hydroxylation is 2. The Hall–Kier alpha value is -0.710. The highest BCUT2D eigenvalue weighted by Crippen LogP contribution is 2.16. The number of hydrogen-bond acceptors (Lipinski definition) is 3. The monoisotopic (exact) mass is 284 g/mol. The van der Waals surface area contributed by atoms with Crippen molar-refractivity contribution in [1.29, 1.82) is 0 Å². The van der Waals surface area contributed by atoms with Crippen LogP contribution in [0.2, 0.25) is 0 Å². The first-order valence-corrected chi connectivity index (χ1v) is 8.09. The van der Waals surface area contributed by atoms with E-state index in [1.165, 1.54) is 5.56 Å². The van der Waals surface area contributed by atoms with Crippen molar-refractivity contribution in [1.82, 2.24) is 0 Å². The highest BCUT2D eigenvalue weighted by Gasteiger charge is 2.13. The number of benzene rings is 1. The van der Waals surface area contributed by atoms with E-state index in [2.05, 4.69) is 6.07 Å². The minimum absolute atomic E-state index is 0.246. The Balaban J connectivity index is 2.58. The van der Waals surface area contributed by atoms with Gasteiger partial charge in [-0.25, -0.2) is 0 Å². The van der Waals surface area contributed by atoms with Crippen LogP contribution in [0.1, 0.15) is 31.4 Å². The highest BCUT2D eigenvalue weighted by atomic mass is 32.2. The smallest absolute Gasteiger partial charge is 0.158 e. The summed E-state index contributed by atoms with van der Waals surface area (Å²) in [6, 6.07) is 6.02. The second kappa shape index (κ2) is 8.46. The molecule has 0 heterocycles. The quantitative estimate of drug-likeness (QED) is 0.688. The van der Waals surface area contributed by atoms with Crippen LogP contribution in [0.5, 0.6) is 0 Å². The van der Waals surface area contributed by atoms with E-state index in [1.807, 2.05) is 39.8 Å². The van der Waals surface area contributed by atoms with E-state index < -0.39 is 10.8 Å². The second-order valence-electron chi connectivity index (χ2n) is 4.45. The molecule has 0 radical (unpaired) electrons. The molecule has 0 aliphatic heterocycles. The Morgan fingerprint density at radius 3 is 2.32 bits per heavy atom. The van der Waals surface area contributed by atoms with Crippen LogP contribution in [0.15, 0.2) is 23.1 Å². The predicted octanol–water partition coefficient (Wildman–Crippen LogP) is 3.20. The van der Waals surface area contributed by atoms with E-state index >= 15 is 0 Å². The maximum absolute atomic E-state index is 12.3. The van der Waals surface area contributed by atoms with Gasteiger partial charge in [-0.3, -0.25) is 4.21 Å². The molecule has 4 heteroatoms. The van der Waals surface area contributed by atoms with E-state index in [0.717, 1.165) is 10.5 Å². The Morgan fingerprint density at radius 1 is 1.16 bits per heavy atom. The van der Waals surface area contributed by atoms with Gasteiger partial charge in [-0.05, 0) is 39.3 Å². The summed E-state index contributed by atoms with van der Waals surface area (Å²) in [4.78, 5) is 0.914. The summed E-state index contributed by atoms with van der Waals surface area (Å²) in [5, 5.41) is 0. The van der Waals surface area contributed by atoms with Gasteiger partial charge in [-0.2, -0.15) is 0 Å². The maximum atomic E-state index is 12.3. The molecule has 0 aliphatic rings. The van der Waals surface area contributed by atoms with Crippen LogP contribution >= 0.6 is 0 Å². The summed E-state index contributed by atoms with van der Waals surface area (Å²) in [6.45, 7) is 9.14. The van der Waals surface area contributed by atoms with Gasteiger partial charge in [0.05, 0.1) is 10.8 Å². The number of hydrogen-bond donors (Lipinski definition) is 0. The first-order chi connectivity index (χ1) is 9.08. The van der Waals surface area contributed by atoms with Crippen LogP contribution in [0.25, 0.3) is 0 Å². The standard InChI is InChI=1S/C15H24O3S/c1-5-17-15(18-6-2)9-10-19(16)14-8-7-12(3)11-13(14)4/h7-8,11,15H,5-6,9-10H2,1-4H3. The van der Waals surface area contributed by atoms with Gasteiger partial charge in [0.15, 0.2) is 6.29 Å². The zero-order valence-electron chi connectivity index (χ0n) is 12.3. The third kappa shape index (κ3) is 5.43. The molecule has 1 atom stereocenters. The molecule has 1 aromatic rings. The van der Waals surface area contributed by atoms with Crippen LogP contribution in [-0.2, 0) is 20.3 Å². The lowest BCUT2D eigenvalue weighted by molar-refractivity contribution is -0.136. The minimum Gasteiger partial charge on any atom is -0.353 e. The van der Waals surface area contributed by atoms with Crippen molar-refractivity contribution in [2.24, 2.45) is 0 Å². The number of ether oxygens (including phenoxy) is 2. The van der Waals surface area contributed by atoms with E-state index in [1.54, 1.807) is 0 Å². The molecule has 0 aliphatic carbocycles. The topological polar surface area (TPSA) is 35.5 Å². The normalized spacial score (nSPS) is 12.9. The van der Waals surface area contributed by atoms with Gasteiger partial charge in [-0.1, -0.05) is 17.7 Å². The average Bonchev–Trinajstić information content (AvgIpc) is 2.36. The van der Waals surface area contributed by atoms with Crippen molar-refractivity contribution in [3.63, 3.8) is 0 Å². The van der Waals surface area contributed by atoms with Crippen molar-refractivity contribution < 1.29 is 13.7 Å². The van der Waals surface area contributed by atoms with Gasteiger partial charge in [0.2, 0.25) is 0 Å². The molecule has 19 heavy (non-hydrogen) atoms. The highest BCUT2D eigenvalue weighted by molar-refractivity contribution is 7.85. The molecule has 0 saturated carbocycles. The van der Waals surface area contributed by atoms with Gasteiger partial charge in [0, 0.05) is 30.3 Å². The summed E-state index contributed by atoms with van der Waals surface area (Å²) in [7, 11) is -0.991. The molecule has 0 amide bonds. The SMILES string of the molecule is CCOC(CCS(=O)c1ccc(C)cc1C)OCC. The van der Waals surface area contributed by atoms with Crippen molar-refractivity contribution >= 4 is 10.8 Å². The van der Waals surface area contributed by atoms with Gasteiger partial charge < -0.3 is 9.47 Å². The lowest BCUT2D eigenvalue weighted by Crippen LogP contribution is -2.20. The fourth-order valence-corrected chi connectivity index (χ4v) is 3.22. The van der Waals surface area contributed by atoms with Gasteiger partial charge in [0.25, 0.3) is 0 Å². The van der Waals surface area contributed by atoms with Crippen LogP contribution in [-0.4, -0.2) is 29.5 Å². The molecular formula is C15H24O3S. The first kappa shape index (κ1) is 16.3. The summed E-state index contributed by atoms with van der Waals surface area (Å²) in [6.07, 6.45) is 0.409. The molecule has 0 aromatic heterocycles. The van der Waals surface area contributed by atoms with Crippen LogP contribution in [0.4, 0.5) is 0 Å². The van der Waals surface area contributed by atoms with Gasteiger partial charge in [-0.15, -0.1) is 0 Å². The lowest BCUT2D eigenvalue weighted by atomic mass is 10.2. The van der Waals surface area contributed by atoms with Gasteiger partial charge in [0.1, 0.15) is 0 Å². The Kier molecular flexibility index (Phi) is 7.28. The summed E-state index contributed by atoms with van der Waals surface area (Å²) in [5.41, 5.74) is 2.28. The lowest BCUT2D eigenvalue weighted by Gasteiger charge is -2.16. The molecule has 1 unspecified atom stereocenters. The largest absolute Gasteiger partial charge is 0.353 e. The van der Waals surface area contributed by atoms with Crippen molar-refractivity contribution in [2.75, 3.05) is 19.0 Å². The van der Waals surface area contributed by atoms with E-state index in [0.29, 0.717) is 25.4 Å². The third-order valence-corrected chi connectivity index (χ3v) is 4.37. The fraction of sp³-hybridized carbons (Fsp3) is 0.600. The zero-order valence-corrected chi connectivity index (χ0v) is 13.1. The van der Waals surface area contributed by atoms with Crippen molar-refractivity contribution in [2.45, 2.75) is 45.3 Å². The summed E-state index contributed by atoms with van der Waals surface area (Å²) < 4.78 is 23.2. The molecule has 0 N–H and O–H groups in total. The summed E-state index contributed by atoms with van der Waals surface area (Å²) >= 11 is 0. The molecule has 3 nitrogen and oxygen atoms in total. The average molecular weight is 284 g/mol. The molecule has 0 saturated heterocycles. The molecule has 1 aromatic carbocycles. The van der Waals surface area contributed by atoms with Crippen molar-refractivity contribution in [3.05, 3.63) is 29.3 Å². The minimum atomic E-state index is -0.991. The third-order valence-electron chi connectivity index (χ3n) is 2.82. The first-order valence-electron chi connectivity index (χ1n) is 6.77. The Labute approximate surface area is 118 Å².